The molecule has 0 aliphatic heterocycles. The minimum Gasteiger partial charge on any atom is -0.494 e. The number of nitrogens with two attached hydrogens (primary N) is 1. The summed E-state index contributed by atoms with van der Waals surface area (Å²) in [6.45, 7) is 1.98. The molecule has 0 saturated carbocycles. The van der Waals surface area contributed by atoms with Crippen molar-refractivity contribution in [3.8, 4) is 5.75 Å². The van der Waals surface area contributed by atoms with E-state index in [4.69, 9.17) is 14.9 Å². The number of hydrogen-bond donors (Lipinski definition) is 1. The molecule has 0 bridgehead atoms. The van der Waals surface area contributed by atoms with Gasteiger partial charge in [0, 0.05) is 12.5 Å². The Labute approximate surface area is 94.4 Å². The number of benzene rings is 1. The lowest BCUT2D eigenvalue weighted by atomic mass is 10.2. The Bertz CT molecular complexity index is 477. The lowest BCUT2D eigenvalue weighted by Gasteiger charge is -1.99. The molecule has 0 fully saturated rings. The van der Waals surface area contributed by atoms with Crippen LogP contribution in [0.15, 0.2) is 22.6 Å². The van der Waals surface area contributed by atoms with Crippen LogP contribution in [0.5, 0.6) is 5.75 Å². The van der Waals surface area contributed by atoms with Gasteiger partial charge in [-0.15, -0.1) is 0 Å². The molecule has 0 amide bonds. The van der Waals surface area contributed by atoms with Crippen molar-refractivity contribution in [1.82, 2.24) is 4.98 Å². The minimum atomic E-state index is 0.164. The van der Waals surface area contributed by atoms with Crippen molar-refractivity contribution in [2.75, 3.05) is 7.11 Å². The lowest BCUT2D eigenvalue weighted by Crippen LogP contribution is -2.15. The van der Waals surface area contributed by atoms with Crippen LogP contribution in [0.25, 0.3) is 11.1 Å². The summed E-state index contributed by atoms with van der Waals surface area (Å²) in [7, 11) is 1.63. The molecule has 16 heavy (non-hydrogen) atoms. The Morgan fingerprint density at radius 3 is 3.00 bits per heavy atom. The standard InChI is InChI=1S/C12H16N2O2/c1-8(13)6-7-11-14-12-9(15-2)4-3-5-10(12)16-11/h3-5,8H,6-7,13H2,1-2H3. The topological polar surface area (TPSA) is 61.3 Å². The quantitative estimate of drug-likeness (QED) is 0.857. The summed E-state index contributed by atoms with van der Waals surface area (Å²) < 4.78 is 10.8. The molecule has 1 heterocycles. The Morgan fingerprint density at radius 1 is 1.50 bits per heavy atom. The Morgan fingerprint density at radius 2 is 2.31 bits per heavy atom. The number of fused-ring (bicyclic) bond motifs is 1. The molecule has 1 aromatic carbocycles. The van der Waals surface area contributed by atoms with Crippen LogP contribution in [-0.4, -0.2) is 18.1 Å². The number of rotatable bonds is 4. The largest absolute Gasteiger partial charge is 0.494 e. The molecule has 0 radical (unpaired) electrons. The Hall–Kier alpha value is -1.55. The van der Waals surface area contributed by atoms with Gasteiger partial charge in [-0.25, -0.2) is 4.98 Å². The summed E-state index contributed by atoms with van der Waals surface area (Å²) in [5, 5.41) is 0. The van der Waals surface area contributed by atoms with E-state index in [0.29, 0.717) is 0 Å². The molecule has 0 aliphatic rings. The lowest BCUT2D eigenvalue weighted by molar-refractivity contribution is 0.419. The first-order valence-corrected chi connectivity index (χ1v) is 5.38. The summed E-state index contributed by atoms with van der Waals surface area (Å²) in [6, 6.07) is 5.82. The van der Waals surface area contributed by atoms with E-state index in [2.05, 4.69) is 4.98 Å². The van der Waals surface area contributed by atoms with Gasteiger partial charge in [-0.1, -0.05) is 6.07 Å². The number of aryl methyl sites for hydroxylation is 1. The van der Waals surface area contributed by atoms with Crippen LogP contribution in [0, 0.1) is 0 Å². The fraction of sp³-hybridized carbons (Fsp3) is 0.417. The number of para-hydroxylation sites is 1. The Kier molecular flexibility index (Phi) is 3.10. The zero-order valence-corrected chi connectivity index (χ0v) is 9.56. The molecule has 0 aliphatic carbocycles. The van der Waals surface area contributed by atoms with Crippen molar-refractivity contribution in [3.63, 3.8) is 0 Å². The van der Waals surface area contributed by atoms with Crippen LogP contribution in [0.3, 0.4) is 0 Å². The van der Waals surface area contributed by atoms with Gasteiger partial charge in [0.15, 0.2) is 17.0 Å². The van der Waals surface area contributed by atoms with Gasteiger partial charge in [0.2, 0.25) is 0 Å². The van der Waals surface area contributed by atoms with Crippen molar-refractivity contribution in [1.29, 1.82) is 0 Å². The highest BCUT2D eigenvalue weighted by atomic mass is 16.5. The highest BCUT2D eigenvalue weighted by molar-refractivity contribution is 5.79. The first kappa shape index (κ1) is 11.0. The van der Waals surface area contributed by atoms with Crippen LogP contribution >= 0.6 is 0 Å². The predicted octanol–water partition coefficient (Wildman–Crippen LogP) is 2.12. The third kappa shape index (κ3) is 2.17. The van der Waals surface area contributed by atoms with Crippen LogP contribution in [-0.2, 0) is 6.42 Å². The van der Waals surface area contributed by atoms with Crippen molar-refractivity contribution in [2.45, 2.75) is 25.8 Å². The summed E-state index contributed by atoms with van der Waals surface area (Å²) in [5.41, 5.74) is 7.24. The second-order valence-corrected chi connectivity index (χ2v) is 3.93. The summed E-state index contributed by atoms with van der Waals surface area (Å²) >= 11 is 0. The van der Waals surface area contributed by atoms with E-state index in [1.807, 2.05) is 25.1 Å². The molecule has 2 rings (SSSR count). The zero-order valence-electron chi connectivity index (χ0n) is 9.56. The average molecular weight is 220 g/mol. The molecule has 1 atom stereocenters. The maximum absolute atomic E-state index is 5.70. The van der Waals surface area contributed by atoms with Gasteiger partial charge in [0.05, 0.1) is 7.11 Å². The van der Waals surface area contributed by atoms with E-state index in [-0.39, 0.29) is 6.04 Å². The normalized spacial score (nSPS) is 12.9. The molecular weight excluding hydrogens is 204 g/mol. The number of methoxy groups -OCH3 is 1. The van der Waals surface area contributed by atoms with Gasteiger partial charge < -0.3 is 14.9 Å². The maximum atomic E-state index is 5.70. The van der Waals surface area contributed by atoms with Gasteiger partial charge in [-0.3, -0.25) is 0 Å². The second kappa shape index (κ2) is 4.53. The zero-order chi connectivity index (χ0) is 11.5. The van der Waals surface area contributed by atoms with E-state index in [1.54, 1.807) is 7.11 Å². The highest BCUT2D eigenvalue weighted by Gasteiger charge is 2.10. The van der Waals surface area contributed by atoms with Crippen LogP contribution in [0.4, 0.5) is 0 Å². The van der Waals surface area contributed by atoms with Crippen LogP contribution < -0.4 is 10.5 Å². The van der Waals surface area contributed by atoms with Gasteiger partial charge in [0.25, 0.3) is 0 Å². The van der Waals surface area contributed by atoms with Crippen molar-refractivity contribution < 1.29 is 9.15 Å². The first-order valence-electron chi connectivity index (χ1n) is 5.38. The third-order valence-electron chi connectivity index (χ3n) is 2.46. The summed E-state index contributed by atoms with van der Waals surface area (Å²) in [4.78, 5) is 4.41. The summed E-state index contributed by atoms with van der Waals surface area (Å²) in [6.07, 6.45) is 1.63. The molecule has 4 heteroatoms. The van der Waals surface area contributed by atoms with Crippen molar-refractivity contribution >= 4 is 11.1 Å². The van der Waals surface area contributed by atoms with Crippen molar-refractivity contribution in [2.24, 2.45) is 5.73 Å². The smallest absolute Gasteiger partial charge is 0.195 e. The molecule has 2 aromatic rings. The van der Waals surface area contributed by atoms with Gasteiger partial charge >= 0.3 is 0 Å². The molecule has 0 spiro atoms. The van der Waals surface area contributed by atoms with Crippen LogP contribution in [0.2, 0.25) is 0 Å². The van der Waals surface area contributed by atoms with E-state index in [0.717, 1.165) is 35.6 Å². The fourth-order valence-electron chi connectivity index (χ4n) is 1.59. The number of hydrogen-bond acceptors (Lipinski definition) is 4. The maximum Gasteiger partial charge on any atom is 0.195 e. The molecule has 1 aromatic heterocycles. The second-order valence-electron chi connectivity index (χ2n) is 3.93. The SMILES string of the molecule is COc1cccc2oc(CCC(C)N)nc12. The predicted molar refractivity (Wildman–Crippen MR) is 62.5 cm³/mol. The van der Waals surface area contributed by atoms with E-state index >= 15 is 0 Å². The molecule has 4 nitrogen and oxygen atoms in total. The van der Waals surface area contributed by atoms with E-state index < -0.39 is 0 Å². The Balaban J connectivity index is 2.29. The molecule has 86 valence electrons. The van der Waals surface area contributed by atoms with E-state index in [9.17, 15) is 0 Å². The number of ether oxygens (including phenoxy) is 1. The molecule has 1 unspecified atom stereocenters. The number of aromatic nitrogens is 1. The van der Waals surface area contributed by atoms with Gasteiger partial charge in [0.1, 0.15) is 5.75 Å². The number of nitrogens with zero attached hydrogens (tertiary/aromatic N) is 1. The third-order valence-corrected chi connectivity index (χ3v) is 2.46. The fourth-order valence-corrected chi connectivity index (χ4v) is 1.59. The van der Waals surface area contributed by atoms with Gasteiger partial charge in [-0.05, 0) is 25.5 Å². The molecule has 0 saturated heterocycles. The molecular formula is C12H16N2O2. The molecule has 2 N–H and O–H groups in total. The van der Waals surface area contributed by atoms with Crippen LogP contribution in [0.1, 0.15) is 19.2 Å². The first-order chi connectivity index (χ1) is 7.70. The van der Waals surface area contributed by atoms with Gasteiger partial charge in [-0.2, -0.15) is 0 Å². The minimum absolute atomic E-state index is 0.164. The monoisotopic (exact) mass is 220 g/mol. The average Bonchev–Trinajstić information content (AvgIpc) is 2.68. The van der Waals surface area contributed by atoms with Crippen molar-refractivity contribution in [3.05, 3.63) is 24.1 Å². The highest BCUT2D eigenvalue weighted by Crippen LogP contribution is 2.25. The number of oxazole rings is 1. The summed E-state index contributed by atoms with van der Waals surface area (Å²) in [5.74, 6) is 1.46. The van der Waals surface area contributed by atoms with E-state index in [1.165, 1.54) is 0 Å².